The summed E-state index contributed by atoms with van der Waals surface area (Å²) in [4.78, 5) is 45.5. The molecule has 14 nitrogen and oxygen atoms in total. The lowest BCUT2D eigenvalue weighted by atomic mass is 10.1. The van der Waals surface area contributed by atoms with Crippen molar-refractivity contribution in [3.05, 3.63) is 91.5 Å². The summed E-state index contributed by atoms with van der Waals surface area (Å²) >= 11 is 0. The van der Waals surface area contributed by atoms with E-state index in [1.165, 1.54) is 50.8 Å². The third kappa shape index (κ3) is 7.03. The first-order chi connectivity index (χ1) is 18.7. The van der Waals surface area contributed by atoms with Gasteiger partial charge in [-0.3, -0.25) is 25.0 Å². The molecule has 0 aliphatic heterocycles. The summed E-state index contributed by atoms with van der Waals surface area (Å²) in [5.74, 6) is -0.424. The van der Waals surface area contributed by atoms with Crippen molar-refractivity contribution in [3.8, 4) is 23.0 Å². The minimum atomic E-state index is -0.899. The Balaban J connectivity index is 1.76. The highest BCUT2D eigenvalue weighted by molar-refractivity contribution is 5.96. The second-order valence-corrected chi connectivity index (χ2v) is 7.55. The molecule has 0 heterocycles. The Labute approximate surface area is 221 Å². The van der Waals surface area contributed by atoms with Crippen molar-refractivity contribution in [2.45, 2.75) is 6.92 Å². The molecule has 0 radical (unpaired) electrons. The van der Waals surface area contributed by atoms with E-state index in [0.29, 0.717) is 17.1 Å². The Morgan fingerprint density at radius 2 is 1.49 bits per heavy atom. The molecule has 3 aromatic carbocycles. The maximum atomic E-state index is 12.7. The standard InChI is InChI=1S/C25H22N4O10/c1-4-38-23-9-15(5-7-21(23)39-25(31)16-6-8-20(36-2)22(12-16)37-3)14-26-27-24(30)17-10-18(28(32)33)13-19(11-17)29(34)35/h5-14H,4H2,1-3H3,(H,27,30). The van der Waals surface area contributed by atoms with E-state index in [9.17, 15) is 29.8 Å². The molecule has 0 aromatic heterocycles. The number of hydrogen-bond acceptors (Lipinski definition) is 11. The van der Waals surface area contributed by atoms with Gasteiger partial charge in [0.2, 0.25) is 0 Å². The van der Waals surface area contributed by atoms with Gasteiger partial charge in [0, 0.05) is 12.1 Å². The van der Waals surface area contributed by atoms with Crippen LogP contribution in [0.15, 0.2) is 59.7 Å². The lowest BCUT2D eigenvalue weighted by Crippen LogP contribution is -2.18. The molecule has 0 unspecified atom stereocenters. The van der Waals surface area contributed by atoms with Gasteiger partial charge in [-0.05, 0) is 48.9 Å². The van der Waals surface area contributed by atoms with Gasteiger partial charge in [-0.2, -0.15) is 5.10 Å². The first-order valence-corrected chi connectivity index (χ1v) is 11.1. The number of nitro groups is 2. The number of methoxy groups -OCH3 is 2. The zero-order valence-corrected chi connectivity index (χ0v) is 20.9. The van der Waals surface area contributed by atoms with Crippen LogP contribution in [0.4, 0.5) is 11.4 Å². The number of esters is 1. The predicted molar refractivity (Wildman–Crippen MR) is 137 cm³/mol. The summed E-state index contributed by atoms with van der Waals surface area (Å²) < 4.78 is 21.4. The molecule has 0 fully saturated rings. The number of nitro benzene ring substituents is 2. The minimum absolute atomic E-state index is 0.127. The van der Waals surface area contributed by atoms with Crippen LogP contribution in [0, 0.1) is 20.2 Å². The van der Waals surface area contributed by atoms with Gasteiger partial charge >= 0.3 is 5.97 Å². The summed E-state index contributed by atoms with van der Waals surface area (Å²) in [5, 5.41) is 25.9. The molecule has 202 valence electrons. The highest BCUT2D eigenvalue weighted by Gasteiger charge is 2.20. The van der Waals surface area contributed by atoms with Crippen LogP contribution in [0.5, 0.6) is 23.0 Å². The minimum Gasteiger partial charge on any atom is -0.493 e. The number of carbonyl (C=O) groups excluding carboxylic acids is 2. The first-order valence-electron chi connectivity index (χ1n) is 11.1. The van der Waals surface area contributed by atoms with Gasteiger partial charge < -0.3 is 18.9 Å². The molecular weight excluding hydrogens is 516 g/mol. The molecule has 3 aromatic rings. The summed E-state index contributed by atoms with van der Waals surface area (Å²) in [6.07, 6.45) is 1.24. The molecule has 39 heavy (non-hydrogen) atoms. The van der Waals surface area contributed by atoms with Crippen LogP contribution in [-0.4, -0.2) is 48.8 Å². The van der Waals surface area contributed by atoms with Gasteiger partial charge in [0.1, 0.15) is 0 Å². The SMILES string of the molecule is CCOc1cc(C=NNC(=O)c2cc([N+](=O)[O-])cc([N+](=O)[O-])c2)ccc1OC(=O)c1ccc(OC)c(OC)c1. The topological polar surface area (TPSA) is 182 Å². The maximum absolute atomic E-state index is 12.7. The first kappa shape index (κ1) is 28.0. The summed E-state index contributed by atoms with van der Waals surface area (Å²) in [5.41, 5.74) is 1.26. The van der Waals surface area contributed by atoms with E-state index in [2.05, 4.69) is 10.5 Å². The normalized spacial score (nSPS) is 10.5. The second kappa shape index (κ2) is 12.6. The number of benzene rings is 3. The molecule has 3 rings (SSSR count). The number of non-ortho nitro benzene ring substituents is 2. The molecule has 0 saturated heterocycles. The van der Waals surface area contributed by atoms with Gasteiger partial charge in [0.15, 0.2) is 23.0 Å². The van der Waals surface area contributed by atoms with Crippen LogP contribution in [0.25, 0.3) is 0 Å². The van der Waals surface area contributed by atoms with Crippen molar-refractivity contribution in [1.29, 1.82) is 0 Å². The van der Waals surface area contributed by atoms with Crippen molar-refractivity contribution in [2.24, 2.45) is 5.10 Å². The number of nitrogens with zero attached hydrogens (tertiary/aromatic N) is 3. The van der Waals surface area contributed by atoms with Crippen molar-refractivity contribution in [1.82, 2.24) is 5.43 Å². The lowest BCUT2D eigenvalue weighted by Gasteiger charge is -2.12. The molecule has 1 amide bonds. The van der Waals surface area contributed by atoms with Gasteiger partial charge in [-0.25, -0.2) is 10.2 Å². The van der Waals surface area contributed by atoms with E-state index in [-0.39, 0.29) is 29.2 Å². The molecule has 0 saturated carbocycles. The van der Waals surface area contributed by atoms with E-state index < -0.39 is 33.1 Å². The Kier molecular flexibility index (Phi) is 9.08. The number of rotatable bonds is 11. The second-order valence-electron chi connectivity index (χ2n) is 7.55. The number of carbonyl (C=O) groups is 2. The Morgan fingerprint density at radius 3 is 2.08 bits per heavy atom. The molecule has 1 N–H and O–H groups in total. The fourth-order valence-electron chi connectivity index (χ4n) is 3.25. The van der Waals surface area contributed by atoms with Crippen molar-refractivity contribution >= 4 is 29.5 Å². The molecule has 0 atom stereocenters. The van der Waals surface area contributed by atoms with E-state index in [0.717, 1.165) is 18.2 Å². The highest BCUT2D eigenvalue weighted by atomic mass is 16.6. The van der Waals surface area contributed by atoms with E-state index in [1.807, 2.05) is 0 Å². The van der Waals surface area contributed by atoms with Crippen LogP contribution in [0.1, 0.15) is 33.2 Å². The Hall–Kier alpha value is -5.53. The van der Waals surface area contributed by atoms with Crippen molar-refractivity contribution in [2.75, 3.05) is 20.8 Å². The van der Waals surface area contributed by atoms with Crippen LogP contribution < -0.4 is 24.4 Å². The van der Waals surface area contributed by atoms with E-state index >= 15 is 0 Å². The van der Waals surface area contributed by atoms with Crippen molar-refractivity contribution < 1.29 is 38.4 Å². The molecule has 14 heteroatoms. The van der Waals surface area contributed by atoms with Gasteiger partial charge in [-0.1, -0.05) is 0 Å². The van der Waals surface area contributed by atoms with E-state index in [1.54, 1.807) is 13.0 Å². The summed E-state index contributed by atoms with van der Waals surface area (Å²) in [6, 6.07) is 11.6. The average Bonchev–Trinajstić information content (AvgIpc) is 2.93. The quantitative estimate of drug-likeness (QED) is 0.124. The third-order valence-electron chi connectivity index (χ3n) is 5.06. The van der Waals surface area contributed by atoms with E-state index in [4.69, 9.17) is 18.9 Å². The highest BCUT2D eigenvalue weighted by Crippen LogP contribution is 2.31. The monoisotopic (exact) mass is 538 g/mol. The van der Waals surface area contributed by atoms with Crippen molar-refractivity contribution in [3.63, 3.8) is 0 Å². The molecule has 0 aliphatic rings. The largest absolute Gasteiger partial charge is 0.493 e. The average molecular weight is 538 g/mol. The number of amides is 1. The molecule has 0 bridgehead atoms. The smallest absolute Gasteiger partial charge is 0.343 e. The van der Waals surface area contributed by atoms with Crippen LogP contribution >= 0.6 is 0 Å². The fraction of sp³-hybridized carbons (Fsp3) is 0.160. The van der Waals surface area contributed by atoms with Gasteiger partial charge in [-0.15, -0.1) is 0 Å². The molecule has 0 spiro atoms. The summed E-state index contributed by atoms with van der Waals surface area (Å²) in [7, 11) is 2.91. The van der Waals surface area contributed by atoms with Gasteiger partial charge in [0.05, 0.1) is 54.1 Å². The number of nitrogens with one attached hydrogen (secondary N) is 1. The van der Waals surface area contributed by atoms with Crippen LogP contribution in [0.3, 0.4) is 0 Å². The lowest BCUT2D eigenvalue weighted by molar-refractivity contribution is -0.394. The zero-order valence-electron chi connectivity index (χ0n) is 20.9. The molecular formula is C25H22N4O10. The van der Waals surface area contributed by atoms with Gasteiger partial charge in [0.25, 0.3) is 17.3 Å². The predicted octanol–water partition coefficient (Wildman–Crippen LogP) is 3.90. The van der Waals surface area contributed by atoms with Crippen LogP contribution in [-0.2, 0) is 0 Å². The fourth-order valence-corrected chi connectivity index (χ4v) is 3.25. The number of ether oxygens (including phenoxy) is 4. The molecule has 0 aliphatic carbocycles. The number of hydrazone groups is 1. The Morgan fingerprint density at radius 1 is 0.846 bits per heavy atom. The maximum Gasteiger partial charge on any atom is 0.343 e. The Bertz CT molecular complexity index is 1420. The zero-order chi connectivity index (χ0) is 28.5. The van der Waals surface area contributed by atoms with Crippen LogP contribution in [0.2, 0.25) is 0 Å². The number of hydrogen-bond donors (Lipinski definition) is 1. The third-order valence-corrected chi connectivity index (χ3v) is 5.06. The summed E-state index contributed by atoms with van der Waals surface area (Å²) in [6.45, 7) is 1.99.